The molecule has 9 heterocycles. The minimum Gasteiger partial charge on any atom is -0.457 e. The van der Waals surface area contributed by atoms with Crippen molar-refractivity contribution < 1.29 is 85.8 Å². The van der Waals surface area contributed by atoms with Gasteiger partial charge in [0.05, 0.1) is 52.0 Å². The SMILES string of the molecule is C=CC(=O)N1CCC[C@@H](n2nc(-c3ccc(Oc4ccccc4)cc3)c3c(NC(=O)OC(OC(=O)C(C)C)C(C)C)ncnc32)C1.C=CC(=O)N1CCC[C@@H](n2nc(-c3ccc(Oc4ccccc4)cc3)c3c(NC(=O)O[C@@H](C)OC(=O)C(C)C)ncnc32)C1.C=CC(=O)N1CCC[C@@H](n2nc(-c3ccc(Oc4ccccc4)cc3)c3c(NC(=O)O[C@@H](OC(=O)C(C)C)C(C)C)ncnc32)C1. The Bertz CT molecular complexity index is 6000. The molecule has 6 aromatic carbocycles. The van der Waals surface area contributed by atoms with Crippen molar-refractivity contribution in [3.63, 3.8) is 0 Å². The molecule has 6 atom stereocenters. The van der Waals surface area contributed by atoms with Crippen LogP contribution in [0, 0.1) is 29.6 Å². The number of nitrogens with one attached hydrogen (secondary N) is 3. The van der Waals surface area contributed by atoms with E-state index < -0.39 is 55.1 Å². The van der Waals surface area contributed by atoms with Gasteiger partial charge in [-0.1, -0.05) is 144 Å². The van der Waals surface area contributed by atoms with E-state index in [1.54, 1.807) is 98.0 Å². The molecular weight excluding hydrogens is 1740 g/mol. The Hall–Kier alpha value is -15.8. The maximum Gasteiger partial charge on any atom is 0.415 e. The summed E-state index contributed by atoms with van der Waals surface area (Å²) >= 11 is 0. The Morgan fingerprint density at radius 3 is 0.868 bits per heavy atom. The summed E-state index contributed by atoms with van der Waals surface area (Å²) in [5.41, 5.74) is 5.21. The summed E-state index contributed by atoms with van der Waals surface area (Å²) in [4.78, 5) is 145. The number of benzene rings is 6. The Balaban J connectivity index is 0.000000173. The summed E-state index contributed by atoms with van der Waals surface area (Å²) in [6, 6.07) is 50.0. The number of aromatic nitrogens is 12. The fraction of sp³-hybridized carbons (Fsp3) is 0.340. The van der Waals surface area contributed by atoms with Crippen LogP contribution in [0.25, 0.3) is 66.9 Å². The molecule has 3 saturated heterocycles. The average molecular weight is 1850 g/mol. The third-order valence-electron chi connectivity index (χ3n) is 22.1. The van der Waals surface area contributed by atoms with Crippen molar-refractivity contribution in [2.24, 2.45) is 29.6 Å². The second-order valence-corrected chi connectivity index (χ2v) is 34.0. The number of piperidine rings is 3. The Kier molecular flexibility index (Phi) is 32.7. The molecule has 12 aromatic rings. The summed E-state index contributed by atoms with van der Waals surface area (Å²) in [6.07, 6.45) is 6.73. The van der Waals surface area contributed by atoms with Gasteiger partial charge in [0.2, 0.25) is 24.0 Å². The normalized spacial score (nSPS) is 15.4. The fourth-order valence-electron chi connectivity index (χ4n) is 15.1. The molecule has 0 spiro atoms. The molecule has 3 N–H and O–H groups in total. The number of hydrogen-bond acceptors (Lipinski definition) is 27. The number of carbonyl (C=O) groups excluding carboxylic acids is 9. The summed E-state index contributed by atoms with van der Waals surface area (Å²) < 4.78 is 55.6. The lowest BCUT2D eigenvalue weighted by Crippen LogP contribution is -2.40. The van der Waals surface area contributed by atoms with Gasteiger partial charge in [-0.15, -0.1) is 0 Å². The Labute approximate surface area is 785 Å². The minimum atomic E-state index is -1.11. The summed E-state index contributed by atoms with van der Waals surface area (Å²) in [5, 5.41) is 24.5. The summed E-state index contributed by atoms with van der Waals surface area (Å²) in [7, 11) is 0. The van der Waals surface area contributed by atoms with Crippen LogP contribution in [0.5, 0.6) is 34.5 Å². The van der Waals surface area contributed by atoms with Crippen molar-refractivity contribution in [1.82, 2.24) is 73.9 Å². The predicted molar refractivity (Wildman–Crippen MR) is 507 cm³/mol. The van der Waals surface area contributed by atoms with Crippen LogP contribution < -0.4 is 30.2 Å². The van der Waals surface area contributed by atoms with Gasteiger partial charge in [0.15, 0.2) is 34.4 Å². The first-order valence-electron chi connectivity index (χ1n) is 45.0. The zero-order valence-corrected chi connectivity index (χ0v) is 77.6. The lowest BCUT2D eigenvalue weighted by molar-refractivity contribution is -0.178. The number of fused-ring (bicyclic) bond motifs is 3. The van der Waals surface area contributed by atoms with E-state index >= 15 is 0 Å². The zero-order chi connectivity index (χ0) is 96.8. The van der Waals surface area contributed by atoms with Crippen LogP contribution in [0.2, 0.25) is 0 Å². The number of amides is 6. The molecule has 0 radical (unpaired) electrons. The van der Waals surface area contributed by atoms with Crippen LogP contribution in [-0.4, -0.2) is 186 Å². The topological polar surface area (TPSA) is 413 Å². The summed E-state index contributed by atoms with van der Waals surface area (Å²) in [5.74, 6) is 0.945. The lowest BCUT2D eigenvalue weighted by Gasteiger charge is -2.32. The molecule has 15 rings (SSSR count). The van der Waals surface area contributed by atoms with E-state index in [0.717, 1.165) is 55.2 Å². The highest BCUT2D eigenvalue weighted by atomic mass is 16.7. The van der Waals surface area contributed by atoms with Crippen LogP contribution in [0.15, 0.2) is 221 Å². The average Bonchev–Trinajstić information content (AvgIpc) is 1.61. The number of anilines is 3. The zero-order valence-electron chi connectivity index (χ0n) is 77.6. The van der Waals surface area contributed by atoms with Gasteiger partial charge in [0.25, 0.3) is 12.6 Å². The molecule has 136 heavy (non-hydrogen) atoms. The van der Waals surface area contributed by atoms with Crippen LogP contribution in [0.4, 0.5) is 31.8 Å². The highest BCUT2D eigenvalue weighted by Gasteiger charge is 2.36. The number of esters is 3. The first-order valence-corrected chi connectivity index (χ1v) is 45.0. The molecule has 3 aliphatic rings. The van der Waals surface area contributed by atoms with Crippen molar-refractivity contribution in [2.75, 3.05) is 55.2 Å². The van der Waals surface area contributed by atoms with Crippen LogP contribution >= 0.6 is 0 Å². The largest absolute Gasteiger partial charge is 0.457 e. The molecule has 0 aliphatic carbocycles. The van der Waals surface area contributed by atoms with Gasteiger partial charge in [-0.05, 0) is 166 Å². The first-order chi connectivity index (χ1) is 65.5. The Morgan fingerprint density at radius 1 is 0.338 bits per heavy atom. The smallest absolute Gasteiger partial charge is 0.415 e. The van der Waals surface area contributed by atoms with Gasteiger partial charge in [0.1, 0.15) is 70.6 Å². The van der Waals surface area contributed by atoms with Crippen molar-refractivity contribution in [1.29, 1.82) is 0 Å². The van der Waals surface area contributed by atoms with Crippen LogP contribution in [0.1, 0.15) is 133 Å². The van der Waals surface area contributed by atoms with Crippen molar-refractivity contribution >= 4 is 104 Å². The van der Waals surface area contributed by atoms with E-state index in [4.69, 9.17) is 57.9 Å². The number of ether oxygens (including phenoxy) is 9. The van der Waals surface area contributed by atoms with Crippen LogP contribution in [-0.2, 0) is 57.2 Å². The number of likely N-dealkylation sites (tertiary alicyclic amines) is 3. The molecule has 6 amide bonds. The van der Waals surface area contributed by atoms with Crippen molar-refractivity contribution in [2.45, 2.75) is 152 Å². The van der Waals surface area contributed by atoms with E-state index in [0.29, 0.717) is 124 Å². The molecule has 6 aromatic heterocycles. The maximum absolute atomic E-state index is 13.2. The molecule has 0 saturated carbocycles. The number of rotatable bonds is 29. The van der Waals surface area contributed by atoms with E-state index in [-0.39, 0.29) is 82.9 Å². The monoisotopic (exact) mass is 1850 g/mol. The molecule has 708 valence electrons. The quantitative estimate of drug-likeness (QED) is 0.0170. The molecule has 0 bridgehead atoms. The molecule has 3 aliphatic heterocycles. The molecule has 36 heteroatoms. The fourth-order valence-corrected chi connectivity index (χ4v) is 15.1. The highest BCUT2D eigenvalue weighted by Crippen LogP contribution is 2.41. The van der Waals surface area contributed by atoms with E-state index in [1.807, 2.05) is 164 Å². The number of carbonyl (C=O) groups is 9. The number of hydrogen-bond donors (Lipinski definition) is 3. The van der Waals surface area contributed by atoms with Crippen molar-refractivity contribution in [3.8, 4) is 68.3 Å². The predicted octanol–water partition coefficient (Wildman–Crippen LogP) is 18.5. The minimum absolute atomic E-state index is 0.145. The standard InChI is InChI=1S/2C34H38N6O6.C32H34N6O6/c2*1-6-27(41)39-18-10-11-24(19-39)40-31-28(29(38-40)23-14-16-26(17-15-23)44-25-12-8-7-9-13-25)30(35-20-36-31)37-34(43)46-33(22(4)5)45-32(42)21(2)3;1-5-26(39)37-17-9-10-23(18-37)38-30-27(29(33-19-34-30)35-32(41)43-21(4)42-31(40)20(2)3)28(36-38)22-13-15-25(16-14-22)44-24-11-7-6-8-12-24/h2*6-9,12-17,20-22,24,33H,1,10-11,18-19H2,2-5H3,(H,35,36,37,43);5-8,11-16,19-21,23H,1,9-10,17-18H2,2-4H3,(H,33,34,35,41)/t24-,33?;24-,33-;21-,23+/m110/s1. The molecule has 3 fully saturated rings. The van der Waals surface area contributed by atoms with Gasteiger partial charge >= 0.3 is 36.2 Å². The molecule has 36 nitrogen and oxygen atoms in total. The van der Waals surface area contributed by atoms with Gasteiger partial charge < -0.3 is 57.3 Å². The second-order valence-electron chi connectivity index (χ2n) is 34.0. The third kappa shape index (κ3) is 24.7. The van der Waals surface area contributed by atoms with Gasteiger partial charge in [0, 0.05) is 74.7 Å². The molecular formula is C100H110N18O18. The maximum atomic E-state index is 13.2. The van der Waals surface area contributed by atoms with E-state index in [9.17, 15) is 43.2 Å². The summed E-state index contributed by atoms with van der Waals surface area (Å²) in [6.45, 7) is 32.8. The number of nitrogens with zero attached hydrogens (tertiary/aromatic N) is 15. The van der Waals surface area contributed by atoms with E-state index in [1.165, 1.54) is 44.1 Å². The third-order valence-corrected chi connectivity index (χ3v) is 22.1. The second kappa shape index (κ2) is 45.6. The van der Waals surface area contributed by atoms with E-state index in [2.05, 4.69) is 65.6 Å². The van der Waals surface area contributed by atoms with Gasteiger partial charge in [-0.2, -0.15) is 15.3 Å². The van der Waals surface area contributed by atoms with Gasteiger partial charge in [-0.25, -0.2) is 58.3 Å². The molecule has 1 unspecified atom stereocenters. The number of para-hydroxylation sites is 3. The van der Waals surface area contributed by atoms with Crippen molar-refractivity contribution in [3.05, 3.63) is 221 Å². The van der Waals surface area contributed by atoms with Gasteiger partial charge in [-0.3, -0.25) is 44.7 Å². The highest BCUT2D eigenvalue weighted by molar-refractivity contribution is 6.06. The Morgan fingerprint density at radius 2 is 0.603 bits per heavy atom. The van der Waals surface area contributed by atoms with Crippen LogP contribution in [0.3, 0.4) is 0 Å². The first kappa shape index (κ1) is 97.7. The lowest BCUT2D eigenvalue weighted by atomic mass is 10.1.